The molecule has 13 heteroatoms. The van der Waals surface area contributed by atoms with Gasteiger partial charge in [-0.3, -0.25) is 4.79 Å². The van der Waals surface area contributed by atoms with Crippen molar-refractivity contribution < 1.29 is 27.4 Å². The third-order valence-corrected chi connectivity index (χ3v) is 5.98. The largest absolute Gasteiger partial charge is 0.493 e. The van der Waals surface area contributed by atoms with Gasteiger partial charge in [0.15, 0.2) is 29.0 Å². The van der Waals surface area contributed by atoms with Crippen molar-refractivity contribution in [2.45, 2.75) is 12.5 Å². The summed E-state index contributed by atoms with van der Waals surface area (Å²) in [7, 11) is 2.72. The summed E-state index contributed by atoms with van der Waals surface area (Å²) in [5.74, 6) is -2.52. The summed E-state index contributed by atoms with van der Waals surface area (Å²) in [4.78, 5) is 24.8. The zero-order valence-electron chi connectivity index (χ0n) is 19.6. The number of benzene rings is 2. The maximum atomic E-state index is 15.0. The third-order valence-electron chi connectivity index (χ3n) is 5.98. The number of carbonyl (C=O) groups excluding carboxylic acids is 1. The molecule has 1 aromatic heterocycles. The molecule has 2 heterocycles. The SMILES string of the molecule is COc1cc2c(N)nc(N3CCN(C(=O)CC(N)c4ccc(F)c(F)c4)CC3)nc2c(F)c1OC.Cl. The molecule has 2 aromatic carbocycles. The molecule has 4 rings (SSSR count). The molecule has 0 bridgehead atoms. The highest BCUT2D eigenvalue weighted by molar-refractivity contribution is 5.92. The van der Waals surface area contributed by atoms with Gasteiger partial charge < -0.3 is 30.7 Å². The first-order valence-electron chi connectivity index (χ1n) is 10.8. The smallest absolute Gasteiger partial charge is 0.228 e. The fourth-order valence-electron chi connectivity index (χ4n) is 4.01. The Kier molecular flexibility index (Phi) is 8.31. The Hall–Kier alpha value is -3.51. The Bertz CT molecular complexity index is 1270. The molecule has 3 aromatic rings. The number of nitrogen functional groups attached to an aromatic ring is 1. The lowest BCUT2D eigenvalue weighted by Crippen LogP contribution is -2.49. The van der Waals surface area contributed by atoms with Crippen molar-refractivity contribution in [1.29, 1.82) is 0 Å². The number of rotatable bonds is 6. The van der Waals surface area contributed by atoms with Gasteiger partial charge in [-0.25, -0.2) is 18.2 Å². The first-order valence-corrected chi connectivity index (χ1v) is 10.8. The normalized spacial score (nSPS) is 14.4. The van der Waals surface area contributed by atoms with E-state index in [-0.39, 0.29) is 53.5 Å². The molecule has 1 saturated heterocycles. The van der Waals surface area contributed by atoms with Gasteiger partial charge in [-0.05, 0) is 23.8 Å². The van der Waals surface area contributed by atoms with E-state index < -0.39 is 23.5 Å². The van der Waals surface area contributed by atoms with Gasteiger partial charge in [0.25, 0.3) is 0 Å². The van der Waals surface area contributed by atoms with Crippen molar-refractivity contribution in [2.75, 3.05) is 51.0 Å². The van der Waals surface area contributed by atoms with Gasteiger partial charge in [0.1, 0.15) is 11.3 Å². The second-order valence-electron chi connectivity index (χ2n) is 8.08. The van der Waals surface area contributed by atoms with Crippen LogP contribution in [0.1, 0.15) is 18.0 Å². The van der Waals surface area contributed by atoms with Crippen molar-refractivity contribution in [3.05, 3.63) is 47.3 Å². The molecule has 0 radical (unpaired) electrons. The summed E-state index contributed by atoms with van der Waals surface area (Å²) in [6.07, 6.45) is -0.0582. The van der Waals surface area contributed by atoms with Crippen LogP contribution in [0.15, 0.2) is 24.3 Å². The first-order chi connectivity index (χ1) is 16.7. The predicted octanol–water partition coefficient (Wildman–Crippen LogP) is 2.81. The van der Waals surface area contributed by atoms with Gasteiger partial charge >= 0.3 is 0 Å². The van der Waals surface area contributed by atoms with Gasteiger partial charge in [0, 0.05) is 44.0 Å². The number of hydrogen-bond acceptors (Lipinski definition) is 8. The van der Waals surface area contributed by atoms with E-state index in [0.29, 0.717) is 37.1 Å². The number of halogens is 4. The fraction of sp³-hybridized carbons (Fsp3) is 0.348. The van der Waals surface area contributed by atoms with E-state index in [0.717, 1.165) is 12.1 Å². The quantitative estimate of drug-likeness (QED) is 0.503. The molecule has 0 saturated carbocycles. The molecule has 1 unspecified atom stereocenters. The van der Waals surface area contributed by atoms with Gasteiger partial charge in [0.2, 0.25) is 11.9 Å². The van der Waals surface area contributed by atoms with E-state index in [1.165, 1.54) is 26.4 Å². The molecule has 1 aliphatic heterocycles. The minimum atomic E-state index is -1.01. The van der Waals surface area contributed by atoms with Crippen molar-refractivity contribution in [1.82, 2.24) is 14.9 Å². The van der Waals surface area contributed by atoms with E-state index in [1.807, 2.05) is 0 Å². The molecule has 0 aliphatic carbocycles. The number of nitrogens with zero attached hydrogens (tertiary/aromatic N) is 4. The number of ether oxygens (including phenoxy) is 2. The molecule has 36 heavy (non-hydrogen) atoms. The molecule has 1 fully saturated rings. The monoisotopic (exact) mass is 526 g/mol. The second kappa shape index (κ2) is 11.0. The topological polar surface area (TPSA) is 120 Å². The van der Waals surface area contributed by atoms with Crippen LogP contribution in [0.2, 0.25) is 0 Å². The summed E-state index contributed by atoms with van der Waals surface area (Å²) in [6, 6.07) is 4.09. The molecule has 1 amide bonds. The predicted molar refractivity (Wildman–Crippen MR) is 131 cm³/mol. The summed E-state index contributed by atoms with van der Waals surface area (Å²) >= 11 is 0. The highest BCUT2D eigenvalue weighted by Gasteiger charge is 2.26. The Morgan fingerprint density at radius 1 is 1.06 bits per heavy atom. The third kappa shape index (κ3) is 5.19. The Morgan fingerprint density at radius 2 is 1.75 bits per heavy atom. The van der Waals surface area contributed by atoms with E-state index in [2.05, 4.69) is 9.97 Å². The van der Waals surface area contributed by atoms with E-state index in [9.17, 15) is 13.6 Å². The molecule has 4 N–H and O–H groups in total. The summed E-state index contributed by atoms with van der Waals surface area (Å²) in [6.45, 7) is 1.45. The van der Waals surface area contributed by atoms with Gasteiger partial charge in [0.05, 0.1) is 14.2 Å². The van der Waals surface area contributed by atoms with Crippen LogP contribution < -0.4 is 25.8 Å². The van der Waals surface area contributed by atoms with Crippen LogP contribution in [0.5, 0.6) is 11.5 Å². The van der Waals surface area contributed by atoms with Crippen LogP contribution in [0, 0.1) is 17.5 Å². The van der Waals surface area contributed by atoms with Crippen LogP contribution in [0.25, 0.3) is 10.9 Å². The maximum Gasteiger partial charge on any atom is 0.228 e. The van der Waals surface area contributed by atoms with Gasteiger partial charge in [-0.1, -0.05) is 6.07 Å². The number of nitrogens with two attached hydrogens (primary N) is 2. The van der Waals surface area contributed by atoms with Crippen LogP contribution >= 0.6 is 12.4 Å². The number of methoxy groups -OCH3 is 2. The standard InChI is InChI=1S/C23H25F3N6O3.ClH/c1-34-17-10-13-20(19(26)21(17)35-2)29-23(30-22(13)28)32-7-5-31(6-8-32)18(33)11-16(27)12-3-4-14(24)15(25)9-12;/h3-4,9-10,16H,5-8,11,27H2,1-2H3,(H2,28,29,30);1H. The molecule has 1 atom stereocenters. The van der Waals surface area contributed by atoms with Crippen molar-refractivity contribution in [2.24, 2.45) is 5.73 Å². The minimum Gasteiger partial charge on any atom is -0.493 e. The fourth-order valence-corrected chi connectivity index (χ4v) is 4.01. The first kappa shape index (κ1) is 27.1. The molecular weight excluding hydrogens is 501 g/mol. The Balaban J connectivity index is 0.00000361. The number of amides is 1. The maximum absolute atomic E-state index is 15.0. The molecule has 9 nitrogen and oxygen atoms in total. The van der Waals surface area contributed by atoms with Crippen LogP contribution in [-0.2, 0) is 4.79 Å². The van der Waals surface area contributed by atoms with Crippen molar-refractivity contribution >= 4 is 41.0 Å². The van der Waals surface area contributed by atoms with Gasteiger partial charge in [-0.15, -0.1) is 12.4 Å². The number of piperazine rings is 1. The van der Waals surface area contributed by atoms with E-state index in [4.69, 9.17) is 20.9 Å². The highest BCUT2D eigenvalue weighted by atomic mass is 35.5. The lowest BCUT2D eigenvalue weighted by Gasteiger charge is -2.35. The van der Waals surface area contributed by atoms with Crippen LogP contribution in [0.3, 0.4) is 0 Å². The van der Waals surface area contributed by atoms with Crippen LogP contribution in [-0.4, -0.2) is 61.2 Å². The van der Waals surface area contributed by atoms with E-state index >= 15 is 4.39 Å². The average Bonchev–Trinajstić information content (AvgIpc) is 2.85. The lowest BCUT2D eigenvalue weighted by atomic mass is 10.0. The number of hydrogen-bond donors (Lipinski definition) is 2. The van der Waals surface area contributed by atoms with Crippen molar-refractivity contribution in [3.63, 3.8) is 0 Å². The van der Waals surface area contributed by atoms with Gasteiger partial charge in [-0.2, -0.15) is 4.98 Å². The zero-order valence-corrected chi connectivity index (χ0v) is 20.4. The van der Waals surface area contributed by atoms with E-state index in [1.54, 1.807) is 9.80 Å². The zero-order chi connectivity index (χ0) is 25.3. The minimum absolute atomic E-state index is 0. The molecular formula is C23H26ClF3N6O3. The van der Waals surface area contributed by atoms with Crippen LogP contribution in [0.4, 0.5) is 24.9 Å². The van der Waals surface area contributed by atoms with Crippen molar-refractivity contribution in [3.8, 4) is 11.5 Å². The molecule has 194 valence electrons. The lowest BCUT2D eigenvalue weighted by molar-refractivity contribution is -0.131. The second-order valence-corrected chi connectivity index (χ2v) is 8.08. The molecule has 0 spiro atoms. The summed E-state index contributed by atoms with van der Waals surface area (Å²) in [5.41, 5.74) is 12.5. The number of aromatic nitrogens is 2. The Morgan fingerprint density at radius 3 is 2.36 bits per heavy atom. The Labute approximate surface area is 211 Å². The highest BCUT2D eigenvalue weighted by Crippen LogP contribution is 2.37. The molecule has 1 aliphatic rings. The number of carbonyl (C=O) groups is 1. The average molecular weight is 527 g/mol. The number of fused-ring (bicyclic) bond motifs is 1. The number of anilines is 2. The summed E-state index contributed by atoms with van der Waals surface area (Å²) < 4.78 is 51.9. The summed E-state index contributed by atoms with van der Waals surface area (Å²) in [5, 5.41) is 0.295.